The van der Waals surface area contributed by atoms with Crippen molar-refractivity contribution in [1.29, 1.82) is 0 Å². The fourth-order valence-corrected chi connectivity index (χ4v) is 1.71. The molecule has 2 N–H and O–H groups in total. The maximum Gasteiger partial charge on any atom is 0.224 e. The minimum absolute atomic E-state index is 0. The minimum atomic E-state index is -0.0170. The molecule has 2 heterocycles. The lowest BCUT2D eigenvalue weighted by atomic mass is 10.3. The Kier molecular flexibility index (Phi) is 9.36. The van der Waals surface area contributed by atoms with Gasteiger partial charge in [0.25, 0.3) is 0 Å². The number of anilines is 1. The maximum absolute atomic E-state index is 11.8. The van der Waals surface area contributed by atoms with E-state index >= 15 is 0 Å². The second-order valence-corrected chi connectivity index (χ2v) is 4.08. The molecule has 2 aromatic rings. The fraction of sp³-hybridized carbons (Fsp3) is 0.308. The quantitative estimate of drug-likeness (QED) is 0.794. The number of carbonyl (C=O) groups is 1. The lowest BCUT2D eigenvalue weighted by molar-refractivity contribution is -0.116. The molecule has 0 saturated carbocycles. The van der Waals surface area contributed by atoms with Gasteiger partial charge in [0.1, 0.15) is 0 Å². The predicted octanol–water partition coefficient (Wildman–Crippen LogP) is 2.05. The van der Waals surface area contributed by atoms with Crippen LogP contribution in [0.2, 0.25) is 0 Å². The fourth-order valence-electron chi connectivity index (χ4n) is 1.71. The van der Waals surface area contributed by atoms with Crippen molar-refractivity contribution in [1.82, 2.24) is 20.1 Å². The van der Waals surface area contributed by atoms with Gasteiger partial charge in [-0.25, -0.2) is 9.67 Å². The molecule has 0 spiro atoms. The molecular weight excluding hydrogens is 313 g/mol. The van der Waals surface area contributed by atoms with E-state index in [1.165, 1.54) is 0 Å². The Balaban J connectivity index is 0.00000200. The Morgan fingerprint density at radius 3 is 2.76 bits per heavy atom. The largest absolute Gasteiger partial charge is 0.323 e. The van der Waals surface area contributed by atoms with E-state index in [1.807, 2.05) is 19.2 Å². The summed E-state index contributed by atoms with van der Waals surface area (Å²) in [5.74, 6) is 0.603. The van der Waals surface area contributed by atoms with Crippen LogP contribution in [-0.2, 0) is 4.79 Å². The molecule has 2 aromatic heterocycles. The SMILES string of the molecule is CNCCCC(=O)Nc1cccnc1-n1cccn1.Cl.Cl. The van der Waals surface area contributed by atoms with Gasteiger partial charge in [-0.3, -0.25) is 4.79 Å². The van der Waals surface area contributed by atoms with E-state index < -0.39 is 0 Å². The lowest BCUT2D eigenvalue weighted by Gasteiger charge is -2.09. The summed E-state index contributed by atoms with van der Waals surface area (Å²) in [6.07, 6.45) is 6.42. The van der Waals surface area contributed by atoms with Crippen molar-refractivity contribution in [2.45, 2.75) is 12.8 Å². The number of nitrogens with zero attached hydrogens (tertiary/aromatic N) is 3. The molecule has 0 unspecified atom stereocenters. The van der Waals surface area contributed by atoms with Crippen molar-refractivity contribution in [3.8, 4) is 5.82 Å². The van der Waals surface area contributed by atoms with E-state index in [1.54, 1.807) is 29.3 Å². The van der Waals surface area contributed by atoms with E-state index in [2.05, 4.69) is 20.7 Å². The van der Waals surface area contributed by atoms with Gasteiger partial charge in [0, 0.05) is 25.0 Å². The van der Waals surface area contributed by atoms with Crippen LogP contribution in [0.1, 0.15) is 12.8 Å². The molecule has 0 aromatic carbocycles. The molecule has 6 nitrogen and oxygen atoms in total. The molecule has 21 heavy (non-hydrogen) atoms. The highest BCUT2D eigenvalue weighted by Crippen LogP contribution is 2.16. The van der Waals surface area contributed by atoms with Gasteiger partial charge in [-0.1, -0.05) is 0 Å². The first-order chi connectivity index (χ1) is 9.31. The minimum Gasteiger partial charge on any atom is -0.323 e. The van der Waals surface area contributed by atoms with Gasteiger partial charge in [0.15, 0.2) is 5.82 Å². The van der Waals surface area contributed by atoms with Gasteiger partial charge in [0.05, 0.1) is 5.69 Å². The first-order valence-corrected chi connectivity index (χ1v) is 6.21. The number of nitrogens with one attached hydrogen (secondary N) is 2. The number of pyridine rings is 1. The summed E-state index contributed by atoms with van der Waals surface area (Å²) < 4.78 is 1.63. The van der Waals surface area contributed by atoms with E-state index in [-0.39, 0.29) is 30.7 Å². The topological polar surface area (TPSA) is 71.8 Å². The third-order valence-corrected chi connectivity index (χ3v) is 2.61. The summed E-state index contributed by atoms with van der Waals surface area (Å²) in [6.45, 7) is 0.826. The van der Waals surface area contributed by atoms with Crippen LogP contribution >= 0.6 is 24.8 Å². The van der Waals surface area contributed by atoms with Crippen LogP contribution in [-0.4, -0.2) is 34.3 Å². The Morgan fingerprint density at radius 2 is 2.10 bits per heavy atom. The molecule has 0 radical (unpaired) electrons. The summed E-state index contributed by atoms with van der Waals surface area (Å²) in [7, 11) is 1.87. The van der Waals surface area contributed by atoms with Crippen molar-refractivity contribution in [2.75, 3.05) is 18.9 Å². The van der Waals surface area contributed by atoms with Gasteiger partial charge in [0.2, 0.25) is 5.91 Å². The Bertz CT molecular complexity index is 533. The lowest BCUT2D eigenvalue weighted by Crippen LogP contribution is -2.16. The molecule has 8 heteroatoms. The molecule has 2 rings (SSSR count). The zero-order valence-corrected chi connectivity index (χ0v) is 13.3. The van der Waals surface area contributed by atoms with Crippen LogP contribution in [0, 0.1) is 0 Å². The summed E-state index contributed by atoms with van der Waals surface area (Å²) in [5, 5.41) is 10.0. The average molecular weight is 332 g/mol. The highest BCUT2D eigenvalue weighted by atomic mass is 35.5. The Hall–Kier alpha value is -1.63. The first kappa shape index (κ1) is 19.4. The number of carbonyl (C=O) groups excluding carboxylic acids is 1. The number of hydrogen-bond donors (Lipinski definition) is 2. The molecule has 0 aliphatic rings. The van der Waals surface area contributed by atoms with E-state index in [0.29, 0.717) is 17.9 Å². The highest BCUT2D eigenvalue weighted by molar-refractivity contribution is 5.92. The number of halogens is 2. The molecule has 1 amide bonds. The maximum atomic E-state index is 11.8. The van der Waals surface area contributed by atoms with Gasteiger partial charge >= 0.3 is 0 Å². The van der Waals surface area contributed by atoms with Crippen LogP contribution in [0.3, 0.4) is 0 Å². The van der Waals surface area contributed by atoms with Gasteiger partial charge < -0.3 is 10.6 Å². The van der Waals surface area contributed by atoms with Crippen molar-refractivity contribution in [3.05, 3.63) is 36.8 Å². The van der Waals surface area contributed by atoms with Gasteiger partial charge in [-0.05, 0) is 38.2 Å². The number of amides is 1. The third kappa shape index (κ3) is 5.71. The zero-order chi connectivity index (χ0) is 13.5. The van der Waals surface area contributed by atoms with Crippen LogP contribution in [0.15, 0.2) is 36.8 Å². The van der Waals surface area contributed by atoms with Crippen molar-refractivity contribution < 1.29 is 4.79 Å². The third-order valence-electron chi connectivity index (χ3n) is 2.61. The van der Waals surface area contributed by atoms with Crippen LogP contribution < -0.4 is 10.6 Å². The average Bonchev–Trinajstić information content (AvgIpc) is 2.93. The number of hydrogen-bond acceptors (Lipinski definition) is 4. The van der Waals surface area contributed by atoms with Crippen LogP contribution in [0.4, 0.5) is 5.69 Å². The molecule has 0 aliphatic heterocycles. The molecule has 0 fully saturated rings. The van der Waals surface area contributed by atoms with E-state index in [0.717, 1.165) is 13.0 Å². The van der Waals surface area contributed by atoms with Crippen molar-refractivity contribution in [2.24, 2.45) is 0 Å². The molecule has 0 saturated heterocycles. The van der Waals surface area contributed by atoms with Crippen LogP contribution in [0.25, 0.3) is 5.82 Å². The van der Waals surface area contributed by atoms with Crippen molar-refractivity contribution >= 4 is 36.4 Å². The predicted molar refractivity (Wildman–Crippen MR) is 87.6 cm³/mol. The van der Waals surface area contributed by atoms with Crippen molar-refractivity contribution in [3.63, 3.8) is 0 Å². The van der Waals surface area contributed by atoms with E-state index in [4.69, 9.17) is 0 Å². The van der Waals surface area contributed by atoms with E-state index in [9.17, 15) is 4.79 Å². The smallest absolute Gasteiger partial charge is 0.224 e. The summed E-state index contributed by atoms with van der Waals surface area (Å²) in [6, 6.07) is 5.42. The zero-order valence-electron chi connectivity index (χ0n) is 11.7. The van der Waals surface area contributed by atoms with Gasteiger partial charge in [-0.2, -0.15) is 5.10 Å². The second-order valence-electron chi connectivity index (χ2n) is 4.08. The summed E-state index contributed by atoms with van der Waals surface area (Å²) in [5.41, 5.74) is 0.667. The molecule has 0 bridgehead atoms. The first-order valence-electron chi connectivity index (χ1n) is 6.21. The summed E-state index contributed by atoms with van der Waals surface area (Å²) in [4.78, 5) is 16.1. The normalized spacial score (nSPS) is 9.38. The molecule has 0 aliphatic carbocycles. The van der Waals surface area contributed by atoms with Gasteiger partial charge in [-0.15, -0.1) is 24.8 Å². The highest BCUT2D eigenvalue weighted by Gasteiger charge is 2.09. The summed E-state index contributed by atoms with van der Waals surface area (Å²) >= 11 is 0. The second kappa shape index (κ2) is 10.1. The standard InChI is InChI=1S/C13H17N5O.2ClH/c1-14-7-3-6-12(19)17-11-5-2-8-15-13(11)18-10-4-9-16-18;;/h2,4-5,8-10,14H,3,6-7H2,1H3,(H,17,19);2*1H. The van der Waals surface area contributed by atoms with Crippen LogP contribution in [0.5, 0.6) is 0 Å². The molecule has 0 atom stereocenters. The molecular formula is C13H19Cl2N5O. The number of rotatable bonds is 6. The Labute approximate surface area is 136 Å². The molecule has 116 valence electrons. The monoisotopic (exact) mass is 331 g/mol. The number of aromatic nitrogens is 3. The Morgan fingerprint density at radius 1 is 1.29 bits per heavy atom.